The van der Waals surface area contributed by atoms with Gasteiger partial charge in [-0.1, -0.05) is 0 Å². The normalized spacial score (nSPS) is 18.0. The van der Waals surface area contributed by atoms with Crippen molar-refractivity contribution in [2.24, 2.45) is 0 Å². The van der Waals surface area contributed by atoms with Crippen LogP contribution in [0.1, 0.15) is 0 Å². The summed E-state index contributed by atoms with van der Waals surface area (Å²) in [4.78, 5) is 13.4. The van der Waals surface area contributed by atoms with Crippen LogP contribution in [0.5, 0.6) is 0 Å². The van der Waals surface area contributed by atoms with Crippen molar-refractivity contribution < 1.29 is 9.47 Å². The zero-order chi connectivity index (χ0) is 17.8. The van der Waals surface area contributed by atoms with E-state index in [0.29, 0.717) is 5.95 Å². The Morgan fingerprint density at radius 3 is 1.81 bits per heavy atom. The van der Waals surface area contributed by atoms with Crippen molar-refractivity contribution in [1.82, 2.24) is 9.97 Å². The summed E-state index contributed by atoms with van der Waals surface area (Å²) in [5.74, 6) is 0.584. The molecule has 8 heteroatoms. The highest BCUT2D eigenvalue weighted by molar-refractivity contribution is 9.10. The summed E-state index contributed by atoms with van der Waals surface area (Å²) in [5.41, 5.74) is 3.37. The Morgan fingerprint density at radius 2 is 1.31 bits per heavy atom. The fraction of sp³-hybridized carbons (Fsp3) is 0.444. The molecule has 1 aromatic heterocycles. The molecular weight excluding hydrogens is 398 g/mol. The first-order valence-corrected chi connectivity index (χ1v) is 9.62. The largest absolute Gasteiger partial charge is 0.378 e. The molecule has 2 aromatic rings. The molecule has 2 saturated heterocycles. The number of aromatic nitrogens is 2. The Balaban J connectivity index is 1.63. The van der Waals surface area contributed by atoms with Crippen LogP contribution in [0.2, 0.25) is 0 Å². The lowest BCUT2D eigenvalue weighted by Crippen LogP contribution is -2.38. The van der Waals surface area contributed by atoms with E-state index in [1.165, 1.54) is 11.4 Å². The van der Waals surface area contributed by atoms with Crippen molar-refractivity contribution in [2.45, 2.75) is 0 Å². The minimum absolute atomic E-state index is 0.584. The van der Waals surface area contributed by atoms with Gasteiger partial charge in [-0.15, -0.1) is 0 Å². The third-order valence-corrected chi connectivity index (χ3v) is 4.94. The van der Waals surface area contributed by atoms with Gasteiger partial charge in [-0.05, 0) is 34.1 Å². The van der Waals surface area contributed by atoms with Gasteiger partial charge in [0.05, 0.1) is 30.9 Å². The Labute approximate surface area is 161 Å². The molecule has 1 N–H and O–H groups in total. The summed E-state index contributed by atoms with van der Waals surface area (Å²) >= 11 is 3.37. The van der Waals surface area contributed by atoms with E-state index >= 15 is 0 Å². The second kappa shape index (κ2) is 8.20. The van der Waals surface area contributed by atoms with Gasteiger partial charge in [0.15, 0.2) is 0 Å². The van der Waals surface area contributed by atoms with Crippen LogP contribution in [0.25, 0.3) is 0 Å². The van der Waals surface area contributed by atoms with Crippen LogP contribution in [-0.2, 0) is 9.47 Å². The van der Waals surface area contributed by atoms with Crippen molar-refractivity contribution in [2.75, 3.05) is 67.7 Å². The summed E-state index contributed by atoms with van der Waals surface area (Å²) in [7, 11) is 0. The average Bonchev–Trinajstić information content (AvgIpc) is 2.71. The van der Waals surface area contributed by atoms with Crippen LogP contribution in [0.3, 0.4) is 0 Å². The fourth-order valence-corrected chi connectivity index (χ4v) is 3.39. The highest BCUT2D eigenvalue weighted by atomic mass is 79.9. The number of benzene rings is 1. The molecule has 0 saturated carbocycles. The first kappa shape index (κ1) is 17.5. The van der Waals surface area contributed by atoms with Crippen LogP contribution in [0.15, 0.2) is 35.1 Å². The van der Waals surface area contributed by atoms with Gasteiger partial charge < -0.3 is 24.6 Å². The van der Waals surface area contributed by atoms with E-state index in [0.717, 1.165) is 62.8 Å². The highest BCUT2D eigenvalue weighted by Gasteiger charge is 2.17. The molecule has 1 aromatic carbocycles. The van der Waals surface area contributed by atoms with Crippen molar-refractivity contribution in [3.05, 3.63) is 35.1 Å². The zero-order valence-electron chi connectivity index (χ0n) is 14.5. The predicted molar refractivity (Wildman–Crippen MR) is 106 cm³/mol. The molecule has 0 amide bonds. The molecule has 2 aliphatic rings. The predicted octanol–water partition coefficient (Wildman–Crippen LogP) is 2.66. The lowest BCUT2D eigenvalue weighted by molar-refractivity contribution is 0.122. The summed E-state index contributed by atoms with van der Waals surface area (Å²) in [5, 5.41) is 3.33. The van der Waals surface area contributed by atoms with Crippen LogP contribution in [0.4, 0.5) is 23.0 Å². The van der Waals surface area contributed by atoms with Crippen molar-refractivity contribution in [1.29, 1.82) is 0 Å². The molecule has 0 radical (unpaired) electrons. The van der Waals surface area contributed by atoms with E-state index in [-0.39, 0.29) is 0 Å². The number of anilines is 4. The number of nitrogens with one attached hydrogen (secondary N) is 1. The number of rotatable bonds is 4. The van der Waals surface area contributed by atoms with Gasteiger partial charge in [0.1, 0.15) is 0 Å². The maximum atomic E-state index is 5.50. The molecular formula is C18H22BrN5O2. The Bertz CT molecular complexity index is 695. The van der Waals surface area contributed by atoms with Gasteiger partial charge in [0.25, 0.3) is 0 Å². The number of ether oxygens (including phenoxy) is 2. The molecule has 0 atom stereocenters. The van der Waals surface area contributed by atoms with Gasteiger partial charge in [0.2, 0.25) is 5.95 Å². The van der Waals surface area contributed by atoms with E-state index in [4.69, 9.17) is 9.47 Å². The van der Waals surface area contributed by atoms with Gasteiger partial charge in [-0.3, -0.25) is 0 Å². The maximum absolute atomic E-state index is 5.50. The molecule has 0 unspecified atom stereocenters. The average molecular weight is 420 g/mol. The second-order valence-electron chi connectivity index (χ2n) is 6.29. The quantitative estimate of drug-likeness (QED) is 0.816. The monoisotopic (exact) mass is 419 g/mol. The molecule has 138 valence electrons. The zero-order valence-corrected chi connectivity index (χ0v) is 16.1. The highest BCUT2D eigenvalue weighted by Crippen LogP contribution is 2.30. The molecule has 0 bridgehead atoms. The minimum Gasteiger partial charge on any atom is -0.378 e. The topological polar surface area (TPSA) is 62.8 Å². The van der Waals surface area contributed by atoms with Crippen LogP contribution >= 0.6 is 15.9 Å². The number of morpholine rings is 2. The van der Waals surface area contributed by atoms with Crippen molar-refractivity contribution >= 4 is 38.9 Å². The first-order chi connectivity index (χ1) is 12.8. The minimum atomic E-state index is 0.584. The summed E-state index contributed by atoms with van der Waals surface area (Å²) in [6.45, 7) is 6.67. The molecule has 26 heavy (non-hydrogen) atoms. The molecule has 2 aliphatic heterocycles. The fourth-order valence-electron chi connectivity index (χ4n) is 3.18. The maximum Gasteiger partial charge on any atom is 0.227 e. The van der Waals surface area contributed by atoms with E-state index in [1.54, 1.807) is 12.4 Å². The Kier molecular flexibility index (Phi) is 5.52. The van der Waals surface area contributed by atoms with Crippen LogP contribution < -0.4 is 15.1 Å². The van der Waals surface area contributed by atoms with E-state index < -0.39 is 0 Å². The lowest BCUT2D eigenvalue weighted by Gasteiger charge is -2.33. The number of halogens is 1. The summed E-state index contributed by atoms with van der Waals surface area (Å²) < 4.78 is 11.9. The van der Waals surface area contributed by atoms with Crippen LogP contribution in [-0.4, -0.2) is 62.6 Å². The SMILES string of the molecule is Brc1cnc(Nc2cc(N3CCOCC3)cc(N3CCOCC3)c2)nc1. The Hall–Kier alpha value is -1.90. The number of hydrogen-bond donors (Lipinski definition) is 1. The molecule has 0 spiro atoms. The third kappa shape index (κ3) is 4.25. The summed E-state index contributed by atoms with van der Waals surface area (Å²) in [6, 6.07) is 6.56. The molecule has 2 fully saturated rings. The van der Waals surface area contributed by atoms with Crippen molar-refractivity contribution in [3.63, 3.8) is 0 Å². The molecule has 4 rings (SSSR count). The van der Waals surface area contributed by atoms with E-state index in [2.05, 4.69) is 59.2 Å². The van der Waals surface area contributed by atoms with E-state index in [9.17, 15) is 0 Å². The summed E-state index contributed by atoms with van der Waals surface area (Å²) in [6.07, 6.45) is 3.48. The van der Waals surface area contributed by atoms with Gasteiger partial charge in [-0.25, -0.2) is 9.97 Å². The third-order valence-electron chi connectivity index (χ3n) is 4.53. The Morgan fingerprint density at radius 1 is 0.808 bits per heavy atom. The van der Waals surface area contributed by atoms with E-state index in [1.807, 2.05) is 0 Å². The van der Waals surface area contributed by atoms with Crippen molar-refractivity contribution in [3.8, 4) is 0 Å². The van der Waals surface area contributed by atoms with Crippen LogP contribution in [0, 0.1) is 0 Å². The van der Waals surface area contributed by atoms with Gasteiger partial charge in [-0.2, -0.15) is 0 Å². The standard InChI is InChI=1S/C18H22BrN5O2/c19-14-12-20-18(21-13-14)22-15-9-16(23-1-5-25-6-2-23)11-17(10-15)24-3-7-26-8-4-24/h9-13H,1-8H2,(H,20,21,22). The van der Waals surface area contributed by atoms with Gasteiger partial charge in [0, 0.05) is 55.6 Å². The number of hydrogen-bond acceptors (Lipinski definition) is 7. The number of nitrogens with zero attached hydrogens (tertiary/aromatic N) is 4. The molecule has 7 nitrogen and oxygen atoms in total. The molecule has 0 aliphatic carbocycles. The first-order valence-electron chi connectivity index (χ1n) is 8.83. The smallest absolute Gasteiger partial charge is 0.227 e. The molecule has 3 heterocycles. The second-order valence-corrected chi connectivity index (χ2v) is 7.20. The van der Waals surface area contributed by atoms with Gasteiger partial charge >= 0.3 is 0 Å². The lowest BCUT2D eigenvalue weighted by atomic mass is 10.2.